The summed E-state index contributed by atoms with van der Waals surface area (Å²) in [6.45, 7) is 5.51. The number of hydrogen-bond donors (Lipinski definition) is 2. The Morgan fingerprint density at radius 3 is 1.60 bits per heavy atom. The summed E-state index contributed by atoms with van der Waals surface area (Å²) in [5, 5.41) is 18.3. The molecule has 0 aliphatic carbocycles. The van der Waals surface area contributed by atoms with Crippen molar-refractivity contribution in [1.29, 1.82) is 0 Å². The van der Waals surface area contributed by atoms with E-state index in [1.807, 2.05) is 0 Å². The van der Waals surface area contributed by atoms with Gasteiger partial charge in [0.25, 0.3) is 0 Å². The van der Waals surface area contributed by atoms with Crippen LogP contribution in [0.5, 0.6) is 0 Å². The summed E-state index contributed by atoms with van der Waals surface area (Å²) < 4.78 is 0. The third-order valence-corrected chi connectivity index (χ3v) is 1.86. The zero-order chi connectivity index (χ0) is 8.15. The predicted molar refractivity (Wildman–Crippen MR) is 41.8 cm³/mol. The molecule has 1 unspecified atom stereocenters. The SMILES string of the molecule is CCCC([C@H](C)O)[C@@H](C)O. The van der Waals surface area contributed by atoms with Crippen LogP contribution < -0.4 is 0 Å². The Bertz CT molecular complexity index is 71.3. The lowest BCUT2D eigenvalue weighted by Gasteiger charge is -2.21. The van der Waals surface area contributed by atoms with Crippen LogP contribution in [0.4, 0.5) is 0 Å². The molecule has 62 valence electrons. The summed E-state index contributed by atoms with van der Waals surface area (Å²) in [7, 11) is 0. The van der Waals surface area contributed by atoms with Gasteiger partial charge in [0.2, 0.25) is 0 Å². The van der Waals surface area contributed by atoms with Gasteiger partial charge in [0.1, 0.15) is 0 Å². The van der Waals surface area contributed by atoms with Gasteiger partial charge in [0.05, 0.1) is 12.2 Å². The zero-order valence-electron chi connectivity index (χ0n) is 7.04. The molecule has 0 amide bonds. The standard InChI is InChI=1S/C8H18O2/c1-4-5-8(6(2)9)7(3)10/h6-10H,4-5H2,1-3H3/t6-,7+,8?. The van der Waals surface area contributed by atoms with Crippen LogP contribution in [0.2, 0.25) is 0 Å². The molecule has 2 nitrogen and oxygen atoms in total. The molecule has 0 radical (unpaired) electrons. The molecule has 0 heterocycles. The van der Waals surface area contributed by atoms with Crippen molar-refractivity contribution in [3.8, 4) is 0 Å². The number of aliphatic hydroxyl groups excluding tert-OH is 2. The van der Waals surface area contributed by atoms with E-state index in [0.29, 0.717) is 0 Å². The van der Waals surface area contributed by atoms with E-state index in [0.717, 1.165) is 12.8 Å². The second-order valence-corrected chi connectivity index (χ2v) is 2.93. The van der Waals surface area contributed by atoms with Crippen molar-refractivity contribution in [3.63, 3.8) is 0 Å². The lowest BCUT2D eigenvalue weighted by atomic mass is 9.93. The van der Waals surface area contributed by atoms with E-state index < -0.39 is 0 Å². The molecule has 0 saturated heterocycles. The predicted octanol–water partition coefficient (Wildman–Crippen LogP) is 1.16. The van der Waals surface area contributed by atoms with Crippen LogP contribution in [0.3, 0.4) is 0 Å². The number of hydrogen-bond acceptors (Lipinski definition) is 2. The van der Waals surface area contributed by atoms with E-state index in [4.69, 9.17) is 10.2 Å². The second kappa shape index (κ2) is 4.69. The molecule has 10 heavy (non-hydrogen) atoms. The molecule has 0 aliphatic heterocycles. The van der Waals surface area contributed by atoms with Crippen LogP contribution in [-0.2, 0) is 0 Å². The fraction of sp³-hybridized carbons (Fsp3) is 1.00. The monoisotopic (exact) mass is 146 g/mol. The summed E-state index contributed by atoms with van der Waals surface area (Å²) in [5.74, 6) is 0.0463. The van der Waals surface area contributed by atoms with Gasteiger partial charge in [0, 0.05) is 5.92 Å². The highest BCUT2D eigenvalue weighted by molar-refractivity contribution is 4.69. The Labute approximate surface area is 62.9 Å². The summed E-state index contributed by atoms with van der Waals surface area (Å²) in [6.07, 6.45) is 1.13. The Kier molecular flexibility index (Phi) is 4.65. The molecule has 0 aliphatic rings. The first-order valence-electron chi connectivity index (χ1n) is 3.95. The van der Waals surface area contributed by atoms with Crippen molar-refractivity contribution in [3.05, 3.63) is 0 Å². The third kappa shape index (κ3) is 3.18. The molecule has 2 heteroatoms. The average Bonchev–Trinajstić information content (AvgIpc) is 1.81. The van der Waals surface area contributed by atoms with Gasteiger partial charge in [0.15, 0.2) is 0 Å². The van der Waals surface area contributed by atoms with Crippen molar-refractivity contribution in [2.45, 2.75) is 45.8 Å². The number of rotatable bonds is 4. The van der Waals surface area contributed by atoms with E-state index in [-0.39, 0.29) is 18.1 Å². The van der Waals surface area contributed by atoms with Crippen LogP contribution in [-0.4, -0.2) is 22.4 Å². The zero-order valence-corrected chi connectivity index (χ0v) is 7.04. The van der Waals surface area contributed by atoms with Crippen molar-refractivity contribution in [2.24, 2.45) is 5.92 Å². The van der Waals surface area contributed by atoms with Gasteiger partial charge >= 0.3 is 0 Å². The fourth-order valence-corrected chi connectivity index (χ4v) is 1.22. The van der Waals surface area contributed by atoms with Crippen LogP contribution in [0.25, 0.3) is 0 Å². The fourth-order valence-electron chi connectivity index (χ4n) is 1.22. The minimum absolute atomic E-state index is 0.0463. The maximum Gasteiger partial charge on any atom is 0.0564 e. The molecule has 0 fully saturated rings. The van der Waals surface area contributed by atoms with E-state index in [2.05, 4.69) is 6.92 Å². The smallest absolute Gasteiger partial charge is 0.0564 e. The van der Waals surface area contributed by atoms with Gasteiger partial charge < -0.3 is 10.2 Å². The van der Waals surface area contributed by atoms with E-state index in [1.54, 1.807) is 13.8 Å². The number of aliphatic hydroxyl groups is 2. The summed E-state index contributed by atoms with van der Waals surface area (Å²) in [5.41, 5.74) is 0. The quantitative estimate of drug-likeness (QED) is 0.625. The third-order valence-electron chi connectivity index (χ3n) is 1.86. The highest BCUT2D eigenvalue weighted by Crippen LogP contribution is 2.15. The van der Waals surface area contributed by atoms with Crippen molar-refractivity contribution in [2.75, 3.05) is 0 Å². The lowest BCUT2D eigenvalue weighted by molar-refractivity contribution is 0.0269. The van der Waals surface area contributed by atoms with Crippen molar-refractivity contribution >= 4 is 0 Å². The second-order valence-electron chi connectivity index (χ2n) is 2.93. The summed E-state index contributed by atoms with van der Waals surface area (Å²) in [4.78, 5) is 0. The largest absolute Gasteiger partial charge is 0.393 e. The first kappa shape index (κ1) is 9.92. The maximum absolute atomic E-state index is 9.15. The molecule has 0 saturated carbocycles. The van der Waals surface area contributed by atoms with E-state index in [1.165, 1.54) is 0 Å². The van der Waals surface area contributed by atoms with Crippen molar-refractivity contribution in [1.82, 2.24) is 0 Å². The highest BCUT2D eigenvalue weighted by Gasteiger charge is 2.18. The first-order valence-corrected chi connectivity index (χ1v) is 3.95. The minimum Gasteiger partial charge on any atom is -0.393 e. The van der Waals surface area contributed by atoms with Gasteiger partial charge in [-0.1, -0.05) is 13.3 Å². The topological polar surface area (TPSA) is 40.5 Å². The van der Waals surface area contributed by atoms with Gasteiger partial charge in [-0.3, -0.25) is 0 Å². The Morgan fingerprint density at radius 1 is 1.10 bits per heavy atom. The normalized spacial score (nSPS) is 20.1. The Hall–Kier alpha value is -0.0800. The van der Waals surface area contributed by atoms with Gasteiger partial charge in [-0.15, -0.1) is 0 Å². The summed E-state index contributed by atoms with van der Waals surface area (Å²) in [6, 6.07) is 0. The molecule has 0 aromatic carbocycles. The molecule has 3 atom stereocenters. The average molecular weight is 146 g/mol. The molecular weight excluding hydrogens is 128 g/mol. The molecule has 0 aromatic rings. The molecular formula is C8H18O2. The maximum atomic E-state index is 9.15. The molecule has 2 N–H and O–H groups in total. The first-order chi connectivity index (χ1) is 4.59. The van der Waals surface area contributed by atoms with Gasteiger partial charge in [-0.05, 0) is 20.3 Å². The molecule has 0 spiro atoms. The van der Waals surface area contributed by atoms with Gasteiger partial charge in [-0.2, -0.15) is 0 Å². The molecule has 0 aromatic heterocycles. The molecule has 0 bridgehead atoms. The highest BCUT2D eigenvalue weighted by atomic mass is 16.3. The lowest BCUT2D eigenvalue weighted by Crippen LogP contribution is -2.27. The van der Waals surface area contributed by atoms with Crippen LogP contribution in [0.15, 0.2) is 0 Å². The van der Waals surface area contributed by atoms with E-state index in [9.17, 15) is 0 Å². The minimum atomic E-state index is -0.389. The Balaban J connectivity index is 3.73. The van der Waals surface area contributed by atoms with Gasteiger partial charge in [-0.25, -0.2) is 0 Å². The Morgan fingerprint density at radius 2 is 1.50 bits per heavy atom. The van der Waals surface area contributed by atoms with Crippen LogP contribution in [0, 0.1) is 5.92 Å². The van der Waals surface area contributed by atoms with Crippen molar-refractivity contribution < 1.29 is 10.2 Å². The summed E-state index contributed by atoms with van der Waals surface area (Å²) >= 11 is 0. The molecule has 0 rings (SSSR count). The van der Waals surface area contributed by atoms with Crippen LogP contribution in [0.1, 0.15) is 33.6 Å². The van der Waals surface area contributed by atoms with Crippen LogP contribution >= 0.6 is 0 Å². The van der Waals surface area contributed by atoms with E-state index >= 15 is 0 Å².